The summed E-state index contributed by atoms with van der Waals surface area (Å²) in [6.07, 6.45) is 10.1. The lowest BCUT2D eigenvalue weighted by molar-refractivity contribution is 0.0640. The number of unbranched alkanes of at least 4 members (excludes halogenated alkanes) is 2. The van der Waals surface area contributed by atoms with Gasteiger partial charge in [0.05, 0.1) is 11.1 Å². The maximum Gasteiger partial charge on any atom is 0.152 e. The van der Waals surface area contributed by atoms with Gasteiger partial charge in [-0.05, 0) is 107 Å². The Kier molecular flexibility index (Phi) is 8.62. The molecule has 0 radical (unpaired) electrons. The first-order valence-corrected chi connectivity index (χ1v) is 14.4. The Morgan fingerprint density at radius 2 is 0.972 bits per heavy atom. The molecule has 2 saturated heterocycles. The van der Waals surface area contributed by atoms with Crippen molar-refractivity contribution in [3.05, 3.63) is 18.0 Å². The Morgan fingerprint density at radius 3 is 1.28 bits per heavy atom. The lowest BCUT2D eigenvalue weighted by atomic mass is 9.69. The van der Waals surface area contributed by atoms with Crippen LogP contribution in [0.1, 0.15) is 132 Å². The molecule has 2 fully saturated rings. The molecule has 3 heterocycles. The molecular formula is C29H55N7. The highest BCUT2D eigenvalue weighted by Gasteiger charge is 2.52. The van der Waals surface area contributed by atoms with Crippen LogP contribution in [-0.4, -0.2) is 50.2 Å². The quantitative estimate of drug-likeness (QED) is 0.338. The van der Waals surface area contributed by atoms with Crippen molar-refractivity contribution in [3.63, 3.8) is 0 Å². The molecule has 3 rings (SSSR count). The lowest BCUT2D eigenvalue weighted by Crippen LogP contribution is -2.67. The van der Waals surface area contributed by atoms with E-state index in [0.29, 0.717) is 0 Å². The van der Waals surface area contributed by atoms with Crippen molar-refractivity contribution in [1.82, 2.24) is 36.2 Å². The monoisotopic (exact) mass is 501 g/mol. The van der Waals surface area contributed by atoms with Crippen molar-refractivity contribution in [3.8, 4) is 0 Å². The van der Waals surface area contributed by atoms with E-state index in [-0.39, 0.29) is 33.2 Å². The summed E-state index contributed by atoms with van der Waals surface area (Å²) in [7, 11) is 0. The van der Waals surface area contributed by atoms with Crippen LogP contribution in [0.15, 0.2) is 6.33 Å². The van der Waals surface area contributed by atoms with Crippen LogP contribution >= 0.6 is 0 Å². The van der Waals surface area contributed by atoms with E-state index in [0.717, 1.165) is 76.1 Å². The summed E-state index contributed by atoms with van der Waals surface area (Å²) in [5.74, 6) is 1.80. The Balaban J connectivity index is 2.11. The lowest BCUT2D eigenvalue weighted by Gasteiger charge is -2.54. The van der Waals surface area contributed by atoms with Crippen LogP contribution in [0.25, 0.3) is 0 Å². The van der Waals surface area contributed by atoms with E-state index >= 15 is 0 Å². The van der Waals surface area contributed by atoms with Gasteiger partial charge in [0, 0.05) is 22.2 Å². The normalized spacial score (nSPS) is 25.4. The summed E-state index contributed by atoms with van der Waals surface area (Å²) in [6, 6.07) is 0. The van der Waals surface area contributed by atoms with Crippen molar-refractivity contribution in [2.24, 2.45) is 0 Å². The highest BCUT2D eigenvalue weighted by Crippen LogP contribution is 2.44. The fraction of sp³-hybridized carbons (Fsp3) is 0.897. The maximum absolute atomic E-state index is 5.38. The van der Waals surface area contributed by atoms with Crippen molar-refractivity contribution in [1.29, 1.82) is 0 Å². The minimum atomic E-state index is -0.298. The van der Waals surface area contributed by atoms with Crippen molar-refractivity contribution < 1.29 is 0 Å². The molecule has 0 unspecified atom stereocenters. The molecule has 0 saturated carbocycles. The number of rotatable bonds is 10. The number of aromatic nitrogens is 3. The number of piperidine rings is 2. The zero-order valence-electron chi connectivity index (χ0n) is 25.0. The Hall–Kier alpha value is -1.15. The third kappa shape index (κ3) is 7.03. The minimum Gasteiger partial charge on any atom is -0.307 e. The SMILES string of the molecule is CCCCNC1(c2ncnc(C3(NCCCC)CC(C)(C)NC(C)(C)C3)n2)CC(C)(C)NC(C)(C)C1. The number of hydrogen-bond acceptors (Lipinski definition) is 7. The first-order valence-electron chi connectivity index (χ1n) is 14.4. The van der Waals surface area contributed by atoms with Crippen LogP contribution in [0.2, 0.25) is 0 Å². The van der Waals surface area contributed by atoms with Gasteiger partial charge < -0.3 is 21.3 Å². The number of hydrogen-bond donors (Lipinski definition) is 4. The van der Waals surface area contributed by atoms with Crippen LogP contribution in [0.5, 0.6) is 0 Å². The number of nitrogens with zero attached hydrogens (tertiary/aromatic N) is 3. The van der Waals surface area contributed by atoms with Gasteiger partial charge in [-0.1, -0.05) is 26.7 Å². The molecule has 4 N–H and O–H groups in total. The summed E-state index contributed by atoms with van der Waals surface area (Å²) in [6.45, 7) is 24.9. The molecule has 0 amide bonds. The molecule has 0 aromatic carbocycles. The summed E-state index contributed by atoms with van der Waals surface area (Å²) >= 11 is 0. The molecule has 0 aliphatic carbocycles. The first-order chi connectivity index (χ1) is 16.6. The fourth-order valence-corrected chi connectivity index (χ4v) is 7.64. The summed E-state index contributed by atoms with van der Waals surface area (Å²) in [5.41, 5.74) is -0.748. The predicted octanol–water partition coefficient (Wildman–Crippen LogP) is 4.92. The summed E-state index contributed by atoms with van der Waals surface area (Å²) in [4.78, 5) is 15.1. The smallest absolute Gasteiger partial charge is 0.152 e. The van der Waals surface area contributed by atoms with E-state index < -0.39 is 0 Å². The molecular weight excluding hydrogens is 446 g/mol. The molecule has 7 heteroatoms. The van der Waals surface area contributed by atoms with Gasteiger partial charge in [0.2, 0.25) is 0 Å². The van der Waals surface area contributed by atoms with Gasteiger partial charge in [0.15, 0.2) is 11.6 Å². The highest BCUT2D eigenvalue weighted by atomic mass is 15.2. The standard InChI is InChI=1S/C29H55N7/c1-11-13-15-32-28(17-24(3,4)35-25(5,6)18-28)22-30-21-31-23(34-22)29(33-16-14-12-2)19-26(7,8)36-27(9,10)20-29/h21,32-33,35-36H,11-20H2,1-10H3. The van der Waals surface area contributed by atoms with Gasteiger partial charge in [0.25, 0.3) is 0 Å². The highest BCUT2D eigenvalue weighted by molar-refractivity contribution is 5.21. The maximum atomic E-state index is 5.38. The summed E-state index contributed by atoms with van der Waals surface area (Å²) < 4.78 is 0. The zero-order valence-corrected chi connectivity index (χ0v) is 25.0. The molecule has 0 atom stereocenters. The van der Waals surface area contributed by atoms with E-state index in [2.05, 4.69) is 90.5 Å². The van der Waals surface area contributed by atoms with E-state index in [1.165, 1.54) is 0 Å². The Labute approximate surface area is 221 Å². The molecule has 2 aliphatic rings. The average molecular weight is 502 g/mol. The molecule has 1 aromatic rings. The minimum absolute atomic E-state index is 0.0381. The number of nitrogens with one attached hydrogen (secondary N) is 4. The van der Waals surface area contributed by atoms with Gasteiger partial charge in [-0.3, -0.25) is 0 Å². The van der Waals surface area contributed by atoms with Crippen LogP contribution < -0.4 is 21.3 Å². The van der Waals surface area contributed by atoms with Gasteiger partial charge in [0.1, 0.15) is 6.33 Å². The Bertz CT molecular complexity index is 775. The van der Waals surface area contributed by atoms with Gasteiger partial charge in [-0.2, -0.15) is 0 Å². The van der Waals surface area contributed by atoms with E-state index in [1.807, 2.05) is 0 Å². The second-order valence-electron chi connectivity index (χ2n) is 14.4. The fourth-order valence-electron chi connectivity index (χ4n) is 7.64. The topological polar surface area (TPSA) is 86.8 Å². The largest absolute Gasteiger partial charge is 0.307 e. The second kappa shape index (κ2) is 10.5. The molecule has 0 spiro atoms. The molecule has 36 heavy (non-hydrogen) atoms. The van der Waals surface area contributed by atoms with E-state index in [1.54, 1.807) is 6.33 Å². The summed E-state index contributed by atoms with van der Waals surface area (Å²) in [5, 5.41) is 15.6. The van der Waals surface area contributed by atoms with Crippen LogP contribution in [-0.2, 0) is 11.1 Å². The molecule has 206 valence electrons. The van der Waals surface area contributed by atoms with Gasteiger partial charge in [-0.15, -0.1) is 0 Å². The zero-order chi connectivity index (χ0) is 26.9. The molecule has 1 aromatic heterocycles. The van der Waals surface area contributed by atoms with E-state index in [4.69, 9.17) is 15.0 Å². The third-order valence-electron chi connectivity index (χ3n) is 7.74. The first kappa shape index (κ1) is 29.4. The van der Waals surface area contributed by atoms with Crippen LogP contribution in [0.4, 0.5) is 0 Å². The third-order valence-corrected chi connectivity index (χ3v) is 7.74. The van der Waals surface area contributed by atoms with Crippen LogP contribution in [0.3, 0.4) is 0 Å². The van der Waals surface area contributed by atoms with Gasteiger partial charge >= 0.3 is 0 Å². The predicted molar refractivity (Wildman–Crippen MR) is 150 cm³/mol. The van der Waals surface area contributed by atoms with Crippen molar-refractivity contribution in [2.45, 2.75) is 154 Å². The molecule has 7 nitrogen and oxygen atoms in total. The Morgan fingerprint density at radius 1 is 0.639 bits per heavy atom. The molecule has 0 bridgehead atoms. The van der Waals surface area contributed by atoms with Crippen molar-refractivity contribution in [2.75, 3.05) is 13.1 Å². The van der Waals surface area contributed by atoms with Crippen molar-refractivity contribution >= 4 is 0 Å². The van der Waals surface area contributed by atoms with Gasteiger partial charge in [-0.25, -0.2) is 15.0 Å². The second-order valence-corrected chi connectivity index (χ2v) is 14.4. The van der Waals surface area contributed by atoms with Crippen LogP contribution in [0, 0.1) is 0 Å². The molecule has 2 aliphatic heterocycles. The average Bonchev–Trinajstić information content (AvgIpc) is 2.70. The van der Waals surface area contributed by atoms with E-state index in [9.17, 15) is 0 Å².